The van der Waals surface area contributed by atoms with Crippen molar-refractivity contribution in [2.24, 2.45) is 0 Å². The zero-order valence-electron chi connectivity index (χ0n) is 11.6. The van der Waals surface area contributed by atoms with Crippen LogP contribution in [0.5, 0.6) is 0 Å². The highest BCUT2D eigenvalue weighted by atomic mass is 19.4. The fourth-order valence-electron chi connectivity index (χ4n) is 2.23. The molecular formula is C16H16F3NO. The number of carbonyl (C=O) groups is 1. The lowest BCUT2D eigenvalue weighted by Crippen LogP contribution is -2.37. The maximum absolute atomic E-state index is 12.1. The molecule has 2 rings (SSSR count). The Labute approximate surface area is 121 Å². The minimum Gasteiger partial charge on any atom is -0.348 e. The average Bonchev–Trinajstić information content (AvgIpc) is 2.45. The lowest BCUT2D eigenvalue weighted by Gasteiger charge is -2.10. The van der Waals surface area contributed by atoms with Gasteiger partial charge in [0.1, 0.15) is 0 Å². The third-order valence-corrected chi connectivity index (χ3v) is 3.38. The molecule has 0 heterocycles. The minimum atomic E-state index is -4.83. The highest BCUT2D eigenvalue weighted by molar-refractivity contribution is 5.86. The maximum Gasteiger partial charge on any atom is 0.471 e. The van der Waals surface area contributed by atoms with Gasteiger partial charge in [0.05, 0.1) is 0 Å². The van der Waals surface area contributed by atoms with E-state index in [-0.39, 0.29) is 6.54 Å². The summed E-state index contributed by atoms with van der Waals surface area (Å²) in [6.45, 7) is 2.02. The van der Waals surface area contributed by atoms with Gasteiger partial charge in [-0.05, 0) is 34.7 Å². The Morgan fingerprint density at radius 1 is 1.19 bits per heavy atom. The van der Waals surface area contributed by atoms with Crippen LogP contribution < -0.4 is 5.32 Å². The lowest BCUT2D eigenvalue weighted by atomic mass is 9.99. The molecule has 0 aliphatic rings. The van der Waals surface area contributed by atoms with Crippen LogP contribution in [0.1, 0.15) is 18.1 Å². The van der Waals surface area contributed by atoms with Crippen molar-refractivity contribution >= 4 is 16.7 Å². The van der Waals surface area contributed by atoms with E-state index < -0.39 is 12.1 Å². The van der Waals surface area contributed by atoms with E-state index in [1.54, 1.807) is 0 Å². The first-order chi connectivity index (χ1) is 9.91. The molecule has 0 radical (unpaired) electrons. The van der Waals surface area contributed by atoms with Gasteiger partial charge in [-0.25, -0.2) is 0 Å². The smallest absolute Gasteiger partial charge is 0.348 e. The van der Waals surface area contributed by atoms with Crippen LogP contribution in [0, 0.1) is 0 Å². The molecule has 1 amide bonds. The fraction of sp³-hybridized carbons (Fsp3) is 0.312. The number of benzene rings is 2. The van der Waals surface area contributed by atoms with Crippen molar-refractivity contribution < 1.29 is 18.0 Å². The van der Waals surface area contributed by atoms with E-state index in [1.807, 2.05) is 42.6 Å². The van der Waals surface area contributed by atoms with Gasteiger partial charge in [0, 0.05) is 6.54 Å². The largest absolute Gasteiger partial charge is 0.471 e. The predicted molar refractivity (Wildman–Crippen MR) is 76.1 cm³/mol. The van der Waals surface area contributed by atoms with Crippen molar-refractivity contribution in [3.63, 3.8) is 0 Å². The van der Waals surface area contributed by atoms with Crippen molar-refractivity contribution in [1.29, 1.82) is 0 Å². The molecule has 0 atom stereocenters. The molecule has 0 bridgehead atoms. The van der Waals surface area contributed by atoms with Crippen molar-refractivity contribution in [2.45, 2.75) is 25.9 Å². The maximum atomic E-state index is 12.1. The molecule has 2 nitrogen and oxygen atoms in total. The van der Waals surface area contributed by atoms with E-state index in [1.165, 1.54) is 5.56 Å². The zero-order valence-corrected chi connectivity index (χ0v) is 11.6. The molecule has 0 aliphatic carbocycles. The Kier molecular flexibility index (Phi) is 4.50. The zero-order chi connectivity index (χ0) is 15.5. The number of carbonyl (C=O) groups excluding carboxylic acids is 1. The fourth-order valence-corrected chi connectivity index (χ4v) is 2.23. The third-order valence-electron chi connectivity index (χ3n) is 3.38. The molecule has 1 N–H and O–H groups in total. The van der Waals surface area contributed by atoms with Gasteiger partial charge in [-0.1, -0.05) is 43.3 Å². The molecule has 0 saturated heterocycles. The van der Waals surface area contributed by atoms with Gasteiger partial charge in [0.15, 0.2) is 0 Å². The summed E-state index contributed by atoms with van der Waals surface area (Å²) >= 11 is 0. The van der Waals surface area contributed by atoms with Gasteiger partial charge in [-0.2, -0.15) is 13.2 Å². The summed E-state index contributed by atoms with van der Waals surface area (Å²) in [5.74, 6) is -1.89. The summed E-state index contributed by atoms with van der Waals surface area (Å²) in [6.07, 6.45) is -3.56. The summed E-state index contributed by atoms with van der Waals surface area (Å²) in [5.41, 5.74) is 2.11. The van der Waals surface area contributed by atoms with Crippen LogP contribution in [0.25, 0.3) is 10.8 Å². The molecule has 0 fully saturated rings. The number of alkyl halides is 3. The molecule has 2 aromatic rings. The predicted octanol–water partition coefficient (Wildman–Crippen LogP) is 3.62. The van der Waals surface area contributed by atoms with Crippen LogP contribution >= 0.6 is 0 Å². The summed E-state index contributed by atoms with van der Waals surface area (Å²) in [4.78, 5) is 10.8. The van der Waals surface area contributed by atoms with Crippen molar-refractivity contribution in [3.8, 4) is 0 Å². The van der Waals surface area contributed by atoms with Crippen LogP contribution in [-0.2, 0) is 17.6 Å². The van der Waals surface area contributed by atoms with Crippen LogP contribution in [0.4, 0.5) is 13.2 Å². The standard InChI is InChI=1S/C16H16F3NO/c1-2-11-6-7-12-4-3-5-13(14(12)10-11)8-9-20-15(21)16(17,18)19/h3-7,10H,2,8-9H2,1H3,(H,20,21). The molecule has 0 spiro atoms. The Balaban J connectivity index is 2.13. The summed E-state index contributed by atoms with van der Waals surface area (Å²) in [6, 6.07) is 11.8. The normalized spacial score (nSPS) is 11.6. The Morgan fingerprint density at radius 3 is 2.62 bits per heavy atom. The van der Waals surface area contributed by atoms with E-state index in [0.717, 1.165) is 22.8 Å². The Bertz CT molecular complexity index is 650. The van der Waals surface area contributed by atoms with Crippen molar-refractivity contribution in [3.05, 3.63) is 47.5 Å². The summed E-state index contributed by atoms with van der Waals surface area (Å²) in [7, 11) is 0. The number of halogens is 3. The second-order valence-corrected chi connectivity index (χ2v) is 4.83. The minimum absolute atomic E-state index is 0.0339. The summed E-state index contributed by atoms with van der Waals surface area (Å²) < 4.78 is 36.3. The number of amides is 1. The van der Waals surface area contributed by atoms with Crippen molar-refractivity contribution in [2.75, 3.05) is 6.54 Å². The number of hydrogen-bond donors (Lipinski definition) is 1. The van der Waals surface area contributed by atoms with E-state index in [2.05, 4.69) is 6.07 Å². The van der Waals surface area contributed by atoms with E-state index in [4.69, 9.17) is 0 Å². The third kappa shape index (κ3) is 3.74. The average molecular weight is 295 g/mol. The number of aryl methyl sites for hydroxylation is 1. The first-order valence-corrected chi connectivity index (χ1v) is 6.77. The lowest BCUT2D eigenvalue weighted by molar-refractivity contribution is -0.173. The highest BCUT2D eigenvalue weighted by Gasteiger charge is 2.38. The number of fused-ring (bicyclic) bond motifs is 1. The molecule has 0 aliphatic heterocycles. The molecular weight excluding hydrogens is 279 g/mol. The molecule has 0 unspecified atom stereocenters. The first kappa shape index (κ1) is 15.4. The monoisotopic (exact) mass is 295 g/mol. The summed E-state index contributed by atoms with van der Waals surface area (Å²) in [5, 5.41) is 3.97. The molecule has 5 heteroatoms. The SMILES string of the molecule is CCc1ccc2cccc(CCNC(=O)C(F)(F)F)c2c1. The van der Waals surface area contributed by atoms with Crippen LogP contribution in [0.2, 0.25) is 0 Å². The molecule has 112 valence electrons. The molecule has 21 heavy (non-hydrogen) atoms. The van der Waals surface area contributed by atoms with Gasteiger partial charge in [-0.15, -0.1) is 0 Å². The first-order valence-electron chi connectivity index (χ1n) is 6.77. The second kappa shape index (κ2) is 6.16. The Morgan fingerprint density at radius 2 is 1.95 bits per heavy atom. The van der Waals surface area contributed by atoms with E-state index in [9.17, 15) is 18.0 Å². The van der Waals surface area contributed by atoms with E-state index >= 15 is 0 Å². The van der Waals surface area contributed by atoms with Crippen molar-refractivity contribution in [1.82, 2.24) is 5.32 Å². The van der Waals surface area contributed by atoms with Gasteiger partial charge < -0.3 is 5.32 Å². The van der Waals surface area contributed by atoms with Crippen LogP contribution in [0.15, 0.2) is 36.4 Å². The number of rotatable bonds is 4. The molecule has 0 saturated carbocycles. The molecule has 0 aromatic heterocycles. The topological polar surface area (TPSA) is 29.1 Å². The molecule has 2 aromatic carbocycles. The van der Waals surface area contributed by atoms with Gasteiger partial charge >= 0.3 is 12.1 Å². The number of hydrogen-bond acceptors (Lipinski definition) is 1. The van der Waals surface area contributed by atoms with Gasteiger partial charge in [0.2, 0.25) is 0 Å². The van der Waals surface area contributed by atoms with E-state index in [0.29, 0.717) is 6.42 Å². The van der Waals surface area contributed by atoms with Crippen LogP contribution in [0.3, 0.4) is 0 Å². The second-order valence-electron chi connectivity index (χ2n) is 4.83. The van der Waals surface area contributed by atoms with Crippen LogP contribution in [-0.4, -0.2) is 18.6 Å². The Hall–Kier alpha value is -2.04. The van der Waals surface area contributed by atoms with Gasteiger partial charge in [0.25, 0.3) is 0 Å². The van der Waals surface area contributed by atoms with Gasteiger partial charge in [-0.3, -0.25) is 4.79 Å². The highest BCUT2D eigenvalue weighted by Crippen LogP contribution is 2.21. The number of nitrogens with one attached hydrogen (secondary N) is 1. The quantitative estimate of drug-likeness (QED) is 0.917.